The first-order valence-electron chi connectivity index (χ1n) is 5.47. The zero-order valence-electron chi connectivity index (χ0n) is 9.71. The van der Waals surface area contributed by atoms with Crippen LogP contribution in [0.15, 0.2) is 30.7 Å². The molecule has 0 aliphatic rings. The molecule has 0 spiro atoms. The number of amides is 1. The number of aromatic nitrogens is 4. The Kier molecular flexibility index (Phi) is 2.33. The number of H-pyrrole nitrogens is 1. The largest absolute Gasteiger partial charge is 0.312 e. The molecule has 90 valence electrons. The normalized spacial score (nSPS) is 10.7. The Bertz CT molecular complexity index is 712. The van der Waals surface area contributed by atoms with Gasteiger partial charge in [0.15, 0.2) is 5.82 Å². The van der Waals surface area contributed by atoms with Crippen molar-refractivity contribution in [1.29, 1.82) is 0 Å². The van der Waals surface area contributed by atoms with Gasteiger partial charge in [0, 0.05) is 11.8 Å². The molecule has 0 aliphatic carbocycles. The highest BCUT2D eigenvalue weighted by molar-refractivity contribution is 5.71. The lowest BCUT2D eigenvalue weighted by molar-refractivity contribution is -0.105. The van der Waals surface area contributed by atoms with Gasteiger partial charge in [-0.05, 0) is 24.6 Å². The summed E-state index contributed by atoms with van der Waals surface area (Å²) in [5, 5.41) is 9.50. The molecular formula is C12H11N5O. The van der Waals surface area contributed by atoms with Crippen molar-refractivity contribution in [1.82, 2.24) is 19.6 Å². The number of fused-ring (bicyclic) bond motifs is 1. The first-order chi connectivity index (χ1) is 8.78. The van der Waals surface area contributed by atoms with Gasteiger partial charge in [0.1, 0.15) is 5.65 Å². The van der Waals surface area contributed by atoms with Crippen LogP contribution >= 0.6 is 0 Å². The number of hydrogen-bond donors (Lipinski definition) is 2. The van der Waals surface area contributed by atoms with Gasteiger partial charge in [0.25, 0.3) is 0 Å². The maximum atomic E-state index is 10.4. The Morgan fingerprint density at radius 3 is 3.00 bits per heavy atom. The van der Waals surface area contributed by atoms with Crippen LogP contribution in [0.2, 0.25) is 0 Å². The summed E-state index contributed by atoms with van der Waals surface area (Å²) in [6.07, 6.45) is 6.10. The van der Waals surface area contributed by atoms with E-state index in [1.54, 1.807) is 12.4 Å². The molecule has 0 unspecified atom stereocenters. The van der Waals surface area contributed by atoms with Crippen molar-refractivity contribution in [2.24, 2.45) is 0 Å². The third kappa shape index (κ3) is 1.64. The summed E-state index contributed by atoms with van der Waals surface area (Å²) in [7, 11) is 0. The van der Waals surface area contributed by atoms with E-state index in [4.69, 9.17) is 0 Å². The zero-order chi connectivity index (χ0) is 12.5. The van der Waals surface area contributed by atoms with Gasteiger partial charge in [-0.2, -0.15) is 5.10 Å². The smallest absolute Gasteiger partial charge is 0.212 e. The number of imidazole rings is 1. The van der Waals surface area contributed by atoms with Gasteiger partial charge in [-0.15, -0.1) is 0 Å². The van der Waals surface area contributed by atoms with Crippen LogP contribution in [-0.4, -0.2) is 26.0 Å². The molecule has 3 aromatic rings. The van der Waals surface area contributed by atoms with Gasteiger partial charge in [0.05, 0.1) is 18.1 Å². The van der Waals surface area contributed by atoms with Gasteiger partial charge >= 0.3 is 0 Å². The molecule has 3 aromatic heterocycles. The third-order valence-corrected chi connectivity index (χ3v) is 2.78. The summed E-state index contributed by atoms with van der Waals surface area (Å²) in [6.45, 7) is 2.00. The molecule has 0 atom stereocenters. The van der Waals surface area contributed by atoms with E-state index in [0.717, 1.165) is 22.5 Å². The van der Waals surface area contributed by atoms with Crippen LogP contribution in [0.4, 0.5) is 5.82 Å². The summed E-state index contributed by atoms with van der Waals surface area (Å²) < 4.78 is 1.86. The number of pyridine rings is 1. The molecule has 3 heterocycles. The SMILES string of the molecule is Cc1cn[nH]c1-c1ccc2nc(NC=O)cn2c1. The van der Waals surface area contributed by atoms with Gasteiger partial charge in [-0.25, -0.2) is 4.98 Å². The lowest BCUT2D eigenvalue weighted by Gasteiger charge is -2.00. The van der Waals surface area contributed by atoms with Crippen LogP contribution in [-0.2, 0) is 4.79 Å². The van der Waals surface area contributed by atoms with Crippen molar-refractivity contribution in [2.45, 2.75) is 6.92 Å². The molecule has 18 heavy (non-hydrogen) atoms. The number of carbonyl (C=O) groups is 1. The Morgan fingerprint density at radius 2 is 2.28 bits per heavy atom. The van der Waals surface area contributed by atoms with E-state index in [9.17, 15) is 4.79 Å². The number of aromatic amines is 1. The lowest BCUT2D eigenvalue weighted by atomic mass is 10.1. The summed E-state index contributed by atoms with van der Waals surface area (Å²) in [6, 6.07) is 3.86. The summed E-state index contributed by atoms with van der Waals surface area (Å²) in [5.74, 6) is 0.531. The van der Waals surface area contributed by atoms with Gasteiger partial charge < -0.3 is 9.72 Å². The molecular weight excluding hydrogens is 230 g/mol. The van der Waals surface area contributed by atoms with Gasteiger partial charge in [-0.1, -0.05) is 0 Å². The number of hydrogen-bond acceptors (Lipinski definition) is 3. The molecule has 0 fully saturated rings. The van der Waals surface area contributed by atoms with Crippen LogP contribution in [0, 0.1) is 6.92 Å². The van der Waals surface area contributed by atoms with E-state index in [-0.39, 0.29) is 0 Å². The molecule has 6 heteroatoms. The van der Waals surface area contributed by atoms with Gasteiger partial charge in [-0.3, -0.25) is 9.89 Å². The van der Waals surface area contributed by atoms with Crippen LogP contribution in [0.25, 0.3) is 16.9 Å². The molecule has 0 saturated carbocycles. The van der Waals surface area contributed by atoms with Crippen molar-refractivity contribution >= 4 is 17.9 Å². The molecule has 0 radical (unpaired) electrons. The van der Waals surface area contributed by atoms with Crippen molar-refractivity contribution in [3.8, 4) is 11.3 Å². The van der Waals surface area contributed by atoms with E-state index >= 15 is 0 Å². The number of anilines is 1. The molecule has 1 amide bonds. The predicted molar refractivity (Wildman–Crippen MR) is 67.2 cm³/mol. The van der Waals surface area contributed by atoms with Crippen molar-refractivity contribution in [3.63, 3.8) is 0 Å². The molecule has 6 nitrogen and oxygen atoms in total. The molecule has 2 N–H and O–H groups in total. The number of aryl methyl sites for hydroxylation is 1. The highest BCUT2D eigenvalue weighted by Crippen LogP contribution is 2.21. The van der Waals surface area contributed by atoms with Crippen LogP contribution in [0.1, 0.15) is 5.56 Å². The first-order valence-corrected chi connectivity index (χ1v) is 5.47. The van der Waals surface area contributed by atoms with Crippen LogP contribution in [0.5, 0.6) is 0 Å². The van der Waals surface area contributed by atoms with Gasteiger partial charge in [0.2, 0.25) is 6.41 Å². The minimum atomic E-state index is 0.531. The van der Waals surface area contributed by atoms with Crippen LogP contribution in [0.3, 0.4) is 0 Å². The Balaban J connectivity index is 2.10. The molecule has 0 saturated heterocycles. The Morgan fingerprint density at radius 1 is 1.39 bits per heavy atom. The maximum absolute atomic E-state index is 10.4. The second kappa shape index (κ2) is 3.99. The number of nitrogens with zero attached hydrogens (tertiary/aromatic N) is 3. The fraction of sp³-hybridized carbons (Fsp3) is 0.0833. The summed E-state index contributed by atoms with van der Waals surface area (Å²) in [4.78, 5) is 14.6. The average molecular weight is 241 g/mol. The fourth-order valence-electron chi connectivity index (χ4n) is 1.91. The topological polar surface area (TPSA) is 75.1 Å². The number of nitrogens with one attached hydrogen (secondary N) is 2. The second-order valence-electron chi connectivity index (χ2n) is 4.00. The summed E-state index contributed by atoms with van der Waals surface area (Å²) in [5.41, 5.74) is 3.86. The standard InChI is InChI=1S/C12H11N5O/c1-8-4-14-16-12(8)9-2-3-11-15-10(13-7-18)6-17(11)5-9/h2-7H,1H3,(H,13,18)(H,14,16). The number of carbonyl (C=O) groups excluding carboxylic acids is 1. The third-order valence-electron chi connectivity index (χ3n) is 2.78. The molecule has 0 aromatic carbocycles. The molecule has 0 bridgehead atoms. The Hall–Kier alpha value is -2.63. The van der Waals surface area contributed by atoms with Crippen molar-refractivity contribution in [2.75, 3.05) is 5.32 Å². The van der Waals surface area contributed by atoms with Crippen molar-refractivity contribution in [3.05, 3.63) is 36.3 Å². The maximum Gasteiger partial charge on any atom is 0.212 e. The van der Waals surface area contributed by atoms with E-state index in [2.05, 4.69) is 20.5 Å². The highest BCUT2D eigenvalue weighted by atomic mass is 16.1. The average Bonchev–Trinajstić information content (AvgIpc) is 2.94. The van der Waals surface area contributed by atoms with E-state index < -0.39 is 0 Å². The predicted octanol–water partition coefficient (Wildman–Crippen LogP) is 1.60. The first kappa shape index (κ1) is 10.5. The lowest BCUT2D eigenvalue weighted by Crippen LogP contribution is -1.92. The highest BCUT2D eigenvalue weighted by Gasteiger charge is 2.06. The second-order valence-corrected chi connectivity index (χ2v) is 4.00. The summed E-state index contributed by atoms with van der Waals surface area (Å²) >= 11 is 0. The Labute approximate surface area is 103 Å². The quantitative estimate of drug-likeness (QED) is 0.684. The molecule has 3 rings (SSSR count). The number of rotatable bonds is 3. The monoisotopic (exact) mass is 241 g/mol. The minimum absolute atomic E-state index is 0.531. The van der Waals surface area contributed by atoms with Crippen molar-refractivity contribution < 1.29 is 4.79 Å². The van der Waals surface area contributed by atoms with E-state index in [1.807, 2.05) is 29.7 Å². The molecule has 0 aliphatic heterocycles. The van der Waals surface area contributed by atoms with E-state index in [0.29, 0.717) is 12.2 Å². The zero-order valence-corrected chi connectivity index (χ0v) is 9.71. The minimum Gasteiger partial charge on any atom is -0.312 e. The van der Waals surface area contributed by atoms with E-state index in [1.165, 1.54) is 0 Å². The fourth-order valence-corrected chi connectivity index (χ4v) is 1.91. The van der Waals surface area contributed by atoms with Crippen LogP contribution < -0.4 is 5.32 Å².